The maximum absolute atomic E-state index is 9.58. The van der Waals surface area contributed by atoms with E-state index in [1.54, 1.807) is 0 Å². The van der Waals surface area contributed by atoms with Crippen molar-refractivity contribution in [2.75, 3.05) is 0 Å². The third-order valence-electron chi connectivity index (χ3n) is 0.109. The summed E-state index contributed by atoms with van der Waals surface area (Å²) in [6.07, 6.45) is 0. The van der Waals surface area contributed by atoms with E-state index >= 15 is 0 Å². The molecule has 2 N–H and O–H groups in total. The zero-order valence-electron chi connectivity index (χ0n) is 8.11. The third-order valence-corrected chi connectivity index (χ3v) is 0.729. The number of aliphatic carboxylic acids is 2. The molecular weight excluding hydrogens is 407 g/mol. The van der Waals surface area contributed by atoms with Gasteiger partial charge in [-0.05, 0) is 0 Å². The maximum Gasteiger partial charge on any atom is 0.312 e. The Morgan fingerprint density at radius 3 is 1.07 bits per heavy atom. The zero-order chi connectivity index (χ0) is 11.4. The summed E-state index contributed by atoms with van der Waals surface area (Å²) in [5.41, 5.74) is 0. The van der Waals surface area contributed by atoms with Crippen LogP contribution in [0.5, 0.6) is 0 Å². The van der Waals surface area contributed by atoms with Gasteiger partial charge in [0.05, 0.1) is 0 Å². The Morgan fingerprint density at radius 1 is 1.00 bits per heavy atom. The normalized spacial score (nSPS) is 6.00. The molecule has 0 bridgehead atoms. The van der Waals surface area contributed by atoms with Crippen molar-refractivity contribution >= 4 is 40.9 Å². The first-order valence-electron chi connectivity index (χ1n) is 2.92. The largest absolute Gasteiger partial charge is 0.481 e. The summed E-state index contributed by atoms with van der Waals surface area (Å²) in [7, 11) is 0. The van der Waals surface area contributed by atoms with E-state index in [2.05, 4.69) is 3.07 Å². The summed E-state index contributed by atoms with van der Waals surface area (Å²) in [4.78, 5) is 27.6. The second kappa shape index (κ2) is 18.8. The van der Waals surface area contributed by atoms with Crippen molar-refractivity contribution < 1.29 is 55.0 Å². The van der Waals surface area contributed by atoms with E-state index in [4.69, 9.17) is 19.8 Å². The summed E-state index contributed by atoms with van der Waals surface area (Å²) in [6.45, 7) is 3.52. The number of carboxylic acids is 2. The molecule has 0 aromatic rings. The maximum atomic E-state index is 9.58. The Balaban J connectivity index is -0.0000000522. The summed E-state index contributed by atoms with van der Waals surface area (Å²) in [5.74, 6) is -1.93. The molecule has 0 aliphatic rings. The molecule has 0 saturated carbocycles. The van der Waals surface area contributed by atoms with Crippen LogP contribution < -0.4 is 0 Å². The van der Waals surface area contributed by atoms with E-state index in [0.29, 0.717) is 0 Å². The van der Waals surface area contributed by atoms with Gasteiger partial charge in [0.15, 0.2) is 23.0 Å². The fourth-order valence-electron chi connectivity index (χ4n) is 0. The number of carbonyl (C=O) groups excluding carboxylic acids is 1. The molecule has 0 aromatic carbocycles. The van der Waals surface area contributed by atoms with E-state index in [0.717, 1.165) is 13.8 Å². The predicted octanol–water partition coefficient (Wildman–Crippen LogP) is 1.08. The Hall–Kier alpha value is 0.0621. The average molecular weight is 418 g/mol. The van der Waals surface area contributed by atoms with Gasteiger partial charge in [0.25, 0.3) is 11.9 Å². The Bertz CT molecular complexity index is 152. The molecule has 0 fully saturated rings. The van der Waals surface area contributed by atoms with E-state index in [9.17, 15) is 4.79 Å². The third kappa shape index (κ3) is 347. The first-order chi connectivity index (χ1) is 5.73. The first kappa shape index (κ1) is 23.7. The molecule has 0 spiro atoms. The van der Waals surface area contributed by atoms with Crippen molar-refractivity contribution in [3.63, 3.8) is 0 Å². The van der Waals surface area contributed by atoms with Crippen LogP contribution in [0.1, 0.15) is 20.8 Å². The van der Waals surface area contributed by atoms with Crippen molar-refractivity contribution in [1.29, 1.82) is 0 Å². The molecule has 0 aliphatic carbocycles. The van der Waals surface area contributed by atoms with Crippen LogP contribution in [0, 0.1) is 0 Å². The number of rotatable bonds is 0. The summed E-state index contributed by atoms with van der Waals surface area (Å²) in [5, 5.41) is 14.8. The molecule has 8 heteroatoms. The molecule has 0 atom stereocenters. The zero-order valence-corrected chi connectivity index (χ0v) is 14.3. The van der Waals surface area contributed by atoms with Gasteiger partial charge in [0, 0.05) is 48.1 Å². The topological polar surface area (TPSA) is 101 Å². The Morgan fingerprint density at radius 2 is 1.07 bits per heavy atom. The van der Waals surface area contributed by atoms with Crippen LogP contribution in [0.4, 0.5) is 0 Å². The van der Waals surface area contributed by atoms with Gasteiger partial charge in [-0.2, -0.15) is 0 Å². The van der Waals surface area contributed by atoms with Crippen molar-refractivity contribution in [3.8, 4) is 0 Å². The minimum Gasteiger partial charge on any atom is -0.481 e. The molecule has 0 rings (SSSR count). The van der Waals surface area contributed by atoms with Crippen molar-refractivity contribution in [2.24, 2.45) is 0 Å². The van der Waals surface area contributed by atoms with Crippen LogP contribution in [0.3, 0.4) is 0 Å². The fraction of sp³-hybridized carbons (Fsp3) is 0.500. The second-order valence-corrected chi connectivity index (χ2v) is 2.05. The van der Waals surface area contributed by atoms with Gasteiger partial charge in [0.1, 0.15) is 0 Å². The minimum atomic E-state index is -0.833. The van der Waals surface area contributed by atoms with Gasteiger partial charge in [-0.3, -0.25) is 14.4 Å². The molecule has 6 nitrogen and oxygen atoms in total. The van der Waals surface area contributed by atoms with E-state index in [1.165, 1.54) is 29.9 Å². The van der Waals surface area contributed by atoms with Crippen LogP contribution >= 0.6 is 23.0 Å². The van der Waals surface area contributed by atoms with Gasteiger partial charge in [-0.25, -0.2) is 0 Å². The molecule has 0 aliphatic heterocycles. The van der Waals surface area contributed by atoms with E-state index in [-0.39, 0.29) is 33.3 Å². The summed E-state index contributed by atoms with van der Waals surface area (Å²) >= 11 is 1.53. The number of halogens is 1. The Labute approximate surface area is 116 Å². The predicted molar refractivity (Wildman–Crippen MR) is 52.4 cm³/mol. The fourth-order valence-corrected chi connectivity index (χ4v) is 0. The quantitative estimate of drug-likeness (QED) is 0.451. The Kier molecular flexibility index (Phi) is 31.8. The smallest absolute Gasteiger partial charge is 0.312 e. The molecule has 0 heterocycles. The SMILES string of the molecule is CC(=O)O.CC(=O)O.CC(=O)OI.[Cd]. The molecular formula is C6H11CdIO6. The second-order valence-electron chi connectivity index (χ2n) is 1.61. The standard InChI is InChI=1S/C2H3IO2.2C2H4O2.Cd/c1-2(4)5-3;2*1-2(3)4;/h1H3;2*1H3,(H,3,4);. The minimum absolute atomic E-state index is 0. The van der Waals surface area contributed by atoms with Crippen LogP contribution in [0.2, 0.25) is 0 Å². The van der Waals surface area contributed by atoms with E-state index in [1.807, 2.05) is 0 Å². The van der Waals surface area contributed by atoms with Gasteiger partial charge in [0.2, 0.25) is 0 Å². The molecule has 0 aromatic heterocycles. The molecule has 14 heavy (non-hydrogen) atoms. The molecule has 0 radical (unpaired) electrons. The van der Waals surface area contributed by atoms with Gasteiger partial charge in [-0.1, -0.05) is 0 Å². The summed E-state index contributed by atoms with van der Waals surface area (Å²) in [6, 6.07) is 0. The molecule has 0 amide bonds. The van der Waals surface area contributed by atoms with Crippen LogP contribution in [0.25, 0.3) is 0 Å². The van der Waals surface area contributed by atoms with Crippen molar-refractivity contribution in [3.05, 3.63) is 0 Å². The first-order valence-corrected chi connectivity index (χ1v) is 3.80. The van der Waals surface area contributed by atoms with Crippen molar-refractivity contribution in [2.45, 2.75) is 20.8 Å². The van der Waals surface area contributed by atoms with Crippen LogP contribution in [0.15, 0.2) is 0 Å². The number of hydrogen-bond acceptors (Lipinski definition) is 4. The molecule has 80 valence electrons. The average Bonchev–Trinajstić information content (AvgIpc) is 1.84. The number of hydrogen-bond donors (Lipinski definition) is 2. The van der Waals surface area contributed by atoms with Gasteiger partial charge >= 0.3 is 5.97 Å². The molecule has 0 unspecified atom stereocenters. The number of carbonyl (C=O) groups is 3. The monoisotopic (exact) mass is 420 g/mol. The van der Waals surface area contributed by atoms with Crippen LogP contribution in [-0.2, 0) is 44.7 Å². The van der Waals surface area contributed by atoms with Crippen molar-refractivity contribution in [1.82, 2.24) is 0 Å². The van der Waals surface area contributed by atoms with Crippen LogP contribution in [-0.4, -0.2) is 28.1 Å². The van der Waals surface area contributed by atoms with Gasteiger partial charge in [-0.15, -0.1) is 0 Å². The van der Waals surface area contributed by atoms with Gasteiger partial charge < -0.3 is 13.3 Å². The summed E-state index contributed by atoms with van der Waals surface area (Å²) < 4.78 is 4.08. The van der Waals surface area contributed by atoms with E-state index < -0.39 is 11.9 Å². The molecule has 0 saturated heterocycles. The number of carboxylic acid groups (broad SMARTS) is 2.